The highest BCUT2D eigenvalue weighted by Gasteiger charge is 2.33. The van der Waals surface area contributed by atoms with Crippen LogP contribution in [0.3, 0.4) is 0 Å². The van der Waals surface area contributed by atoms with Crippen LogP contribution in [0.1, 0.15) is 31.2 Å². The number of rotatable bonds is 6. The molecule has 5 heteroatoms. The molecule has 0 saturated heterocycles. The summed E-state index contributed by atoms with van der Waals surface area (Å²) in [5, 5.41) is 18.3. The van der Waals surface area contributed by atoms with Crippen LogP contribution in [0.2, 0.25) is 0 Å². The van der Waals surface area contributed by atoms with Gasteiger partial charge in [0.05, 0.1) is 0 Å². The first-order chi connectivity index (χ1) is 9.13. The minimum Gasteiger partial charge on any atom is -0.423 e. The first kappa shape index (κ1) is 13.1. The Kier molecular flexibility index (Phi) is 3.61. The highest BCUT2D eigenvalue weighted by molar-refractivity contribution is 6.58. The maximum atomic E-state index is 13.4. The van der Waals surface area contributed by atoms with Crippen LogP contribution in [0.4, 0.5) is 4.39 Å². The van der Waals surface area contributed by atoms with Gasteiger partial charge < -0.3 is 10.0 Å². The lowest BCUT2D eigenvalue weighted by molar-refractivity contribution is 0.244. The van der Waals surface area contributed by atoms with E-state index in [1.54, 1.807) is 12.1 Å². The number of halogens is 1. The predicted octanol–water partition coefficient (Wildman–Crippen LogP) is 0.880. The molecule has 2 aliphatic carbocycles. The average molecular weight is 263 g/mol. The second-order valence-corrected chi connectivity index (χ2v) is 5.83. The highest BCUT2D eigenvalue weighted by Crippen LogP contribution is 2.35. The normalized spacial score (nSPS) is 18.9. The Labute approximate surface area is 113 Å². The van der Waals surface area contributed by atoms with Crippen molar-refractivity contribution in [2.75, 3.05) is 6.54 Å². The molecule has 0 aromatic heterocycles. The Balaban J connectivity index is 1.71. The summed E-state index contributed by atoms with van der Waals surface area (Å²) >= 11 is 0. The molecule has 0 radical (unpaired) electrons. The van der Waals surface area contributed by atoms with Gasteiger partial charge >= 0.3 is 7.12 Å². The van der Waals surface area contributed by atoms with E-state index in [1.807, 2.05) is 0 Å². The molecule has 0 spiro atoms. The minimum absolute atomic E-state index is 0.0281. The molecule has 1 aromatic carbocycles. The Morgan fingerprint density at radius 3 is 2.53 bits per heavy atom. The molecule has 0 unspecified atom stereocenters. The summed E-state index contributed by atoms with van der Waals surface area (Å²) in [7, 11) is -1.74. The van der Waals surface area contributed by atoms with Gasteiger partial charge in [-0.3, -0.25) is 4.90 Å². The van der Waals surface area contributed by atoms with Crippen molar-refractivity contribution in [2.45, 2.75) is 38.3 Å². The SMILES string of the molecule is OB(O)c1cc(CN(CC2CC2)C2CC2)ccc1F. The van der Waals surface area contributed by atoms with Crippen LogP contribution in [-0.4, -0.2) is 34.7 Å². The van der Waals surface area contributed by atoms with Gasteiger partial charge in [0.1, 0.15) is 5.82 Å². The van der Waals surface area contributed by atoms with E-state index in [0.29, 0.717) is 6.04 Å². The molecule has 3 nitrogen and oxygen atoms in total. The number of hydrogen-bond donors (Lipinski definition) is 2. The van der Waals surface area contributed by atoms with E-state index in [9.17, 15) is 4.39 Å². The Hall–Kier alpha value is -0.905. The van der Waals surface area contributed by atoms with Gasteiger partial charge in [-0.25, -0.2) is 4.39 Å². The third-order valence-corrected chi connectivity index (χ3v) is 3.98. The summed E-state index contributed by atoms with van der Waals surface area (Å²) < 4.78 is 13.4. The molecule has 19 heavy (non-hydrogen) atoms. The van der Waals surface area contributed by atoms with E-state index in [0.717, 1.165) is 24.6 Å². The van der Waals surface area contributed by atoms with Crippen LogP contribution in [0, 0.1) is 11.7 Å². The van der Waals surface area contributed by atoms with Gasteiger partial charge in [-0.15, -0.1) is 0 Å². The van der Waals surface area contributed by atoms with Crippen LogP contribution >= 0.6 is 0 Å². The quantitative estimate of drug-likeness (QED) is 0.749. The van der Waals surface area contributed by atoms with Gasteiger partial charge in [-0.1, -0.05) is 12.1 Å². The van der Waals surface area contributed by atoms with Gasteiger partial charge in [0, 0.05) is 24.6 Å². The molecule has 2 fully saturated rings. The Morgan fingerprint density at radius 1 is 1.21 bits per heavy atom. The zero-order chi connectivity index (χ0) is 13.4. The number of nitrogens with zero attached hydrogens (tertiary/aromatic N) is 1. The molecule has 2 N–H and O–H groups in total. The van der Waals surface area contributed by atoms with Crippen molar-refractivity contribution in [3.8, 4) is 0 Å². The standard InChI is InChI=1S/C14H19BFNO2/c16-14-6-3-11(7-13(14)15(18)19)9-17(12-4-5-12)8-10-1-2-10/h3,6-7,10,12,18-19H,1-2,4-5,8-9H2. The van der Waals surface area contributed by atoms with Crippen LogP contribution in [-0.2, 0) is 6.54 Å². The van der Waals surface area contributed by atoms with Gasteiger partial charge in [0.15, 0.2) is 0 Å². The number of benzene rings is 1. The maximum absolute atomic E-state index is 13.4. The molecule has 0 bridgehead atoms. The van der Waals surface area contributed by atoms with Crippen molar-refractivity contribution in [3.05, 3.63) is 29.6 Å². The summed E-state index contributed by atoms with van der Waals surface area (Å²) in [4.78, 5) is 2.46. The lowest BCUT2D eigenvalue weighted by Gasteiger charge is -2.22. The van der Waals surface area contributed by atoms with Crippen LogP contribution in [0.5, 0.6) is 0 Å². The van der Waals surface area contributed by atoms with Crippen LogP contribution < -0.4 is 5.46 Å². The fourth-order valence-corrected chi connectivity index (χ4v) is 2.54. The monoisotopic (exact) mass is 263 g/mol. The molecular formula is C14H19BFNO2. The van der Waals surface area contributed by atoms with E-state index in [2.05, 4.69) is 4.90 Å². The molecule has 0 atom stereocenters. The van der Waals surface area contributed by atoms with Crippen molar-refractivity contribution in [1.29, 1.82) is 0 Å². The molecule has 102 valence electrons. The van der Waals surface area contributed by atoms with Gasteiger partial charge in [0.25, 0.3) is 0 Å². The second-order valence-electron chi connectivity index (χ2n) is 5.83. The molecule has 0 aliphatic heterocycles. The van der Waals surface area contributed by atoms with Crippen molar-refractivity contribution in [2.24, 2.45) is 5.92 Å². The minimum atomic E-state index is -1.74. The lowest BCUT2D eigenvalue weighted by atomic mass is 9.79. The third kappa shape index (κ3) is 3.35. The Morgan fingerprint density at radius 2 is 1.95 bits per heavy atom. The summed E-state index contributed by atoms with van der Waals surface area (Å²) in [5.41, 5.74) is 0.928. The highest BCUT2D eigenvalue weighted by atomic mass is 19.1. The number of hydrogen-bond acceptors (Lipinski definition) is 3. The fourth-order valence-electron chi connectivity index (χ4n) is 2.54. The molecule has 3 rings (SSSR count). The van der Waals surface area contributed by atoms with Crippen molar-refractivity contribution in [1.82, 2.24) is 4.90 Å². The average Bonchev–Trinajstić information content (AvgIpc) is 3.24. The zero-order valence-electron chi connectivity index (χ0n) is 10.9. The van der Waals surface area contributed by atoms with Crippen LogP contribution in [0.25, 0.3) is 0 Å². The zero-order valence-corrected chi connectivity index (χ0v) is 10.9. The van der Waals surface area contributed by atoms with E-state index in [1.165, 1.54) is 31.7 Å². The van der Waals surface area contributed by atoms with E-state index in [4.69, 9.17) is 10.0 Å². The lowest BCUT2D eigenvalue weighted by Crippen LogP contribution is -2.34. The molecule has 2 saturated carbocycles. The van der Waals surface area contributed by atoms with Crippen molar-refractivity contribution < 1.29 is 14.4 Å². The maximum Gasteiger partial charge on any atom is 0.491 e. The third-order valence-electron chi connectivity index (χ3n) is 3.98. The van der Waals surface area contributed by atoms with Crippen molar-refractivity contribution in [3.63, 3.8) is 0 Å². The van der Waals surface area contributed by atoms with Gasteiger partial charge in [-0.05, 0) is 43.2 Å². The summed E-state index contributed by atoms with van der Waals surface area (Å²) in [6, 6.07) is 5.31. The van der Waals surface area contributed by atoms with E-state index in [-0.39, 0.29) is 5.46 Å². The molecule has 2 aliphatic rings. The second kappa shape index (κ2) is 5.23. The molecule has 1 aromatic rings. The van der Waals surface area contributed by atoms with Gasteiger partial charge in [-0.2, -0.15) is 0 Å². The Bertz CT molecular complexity index is 461. The summed E-state index contributed by atoms with van der Waals surface area (Å²) in [6.07, 6.45) is 5.16. The first-order valence-electron chi connectivity index (χ1n) is 7.02. The smallest absolute Gasteiger partial charge is 0.423 e. The van der Waals surface area contributed by atoms with Crippen molar-refractivity contribution >= 4 is 12.6 Å². The first-order valence-corrected chi connectivity index (χ1v) is 7.02. The largest absolute Gasteiger partial charge is 0.491 e. The fraction of sp³-hybridized carbons (Fsp3) is 0.571. The summed E-state index contributed by atoms with van der Waals surface area (Å²) in [5.74, 6) is 0.280. The van der Waals surface area contributed by atoms with Crippen LogP contribution in [0.15, 0.2) is 18.2 Å². The molecule has 0 amide bonds. The predicted molar refractivity (Wildman–Crippen MR) is 72.4 cm³/mol. The van der Waals surface area contributed by atoms with E-state index >= 15 is 0 Å². The topological polar surface area (TPSA) is 43.7 Å². The van der Waals surface area contributed by atoms with E-state index < -0.39 is 12.9 Å². The van der Waals surface area contributed by atoms with Gasteiger partial charge in [0.2, 0.25) is 0 Å². The summed E-state index contributed by atoms with van der Waals surface area (Å²) in [6.45, 7) is 1.90. The molecular weight excluding hydrogens is 244 g/mol. The molecule has 0 heterocycles.